The van der Waals surface area contributed by atoms with Crippen LogP contribution in [0.4, 0.5) is 10.1 Å². The number of non-ortho nitro benzene ring substituents is 1. The van der Waals surface area contributed by atoms with Crippen molar-refractivity contribution in [3.8, 4) is 11.5 Å². The number of aliphatic hydroxyl groups excluding tert-OH is 1. The lowest BCUT2D eigenvalue weighted by Crippen LogP contribution is -1.98. The van der Waals surface area contributed by atoms with Crippen molar-refractivity contribution in [1.29, 1.82) is 0 Å². The summed E-state index contributed by atoms with van der Waals surface area (Å²) in [4.78, 5) is 10.0. The lowest BCUT2D eigenvalue weighted by Gasteiger charge is -2.13. The molecule has 5 nitrogen and oxygen atoms in total. The van der Waals surface area contributed by atoms with E-state index in [4.69, 9.17) is 4.74 Å². The normalized spacial score (nSPS) is 11.9. The Balaban J connectivity index is 2.32. The van der Waals surface area contributed by atoms with E-state index in [2.05, 4.69) is 0 Å². The number of nitrogens with zero attached hydrogens (tertiary/aromatic N) is 1. The maximum absolute atomic E-state index is 13.8. The molecule has 0 aliphatic rings. The van der Waals surface area contributed by atoms with Crippen LogP contribution in [0.3, 0.4) is 0 Å². The van der Waals surface area contributed by atoms with Crippen LogP contribution in [-0.2, 0) is 0 Å². The number of para-hydroxylation sites is 1. The molecule has 0 amide bonds. The molecule has 1 atom stereocenters. The Morgan fingerprint density at radius 2 is 1.90 bits per heavy atom. The zero-order valence-corrected chi connectivity index (χ0v) is 10.6. The molecule has 0 saturated carbocycles. The molecular weight excluding hydrogens is 265 g/mol. The van der Waals surface area contributed by atoms with E-state index in [1.54, 1.807) is 6.07 Å². The van der Waals surface area contributed by atoms with Gasteiger partial charge in [-0.1, -0.05) is 12.1 Å². The molecule has 0 aromatic heterocycles. The van der Waals surface area contributed by atoms with E-state index in [1.165, 1.54) is 43.3 Å². The molecule has 20 heavy (non-hydrogen) atoms. The van der Waals surface area contributed by atoms with Gasteiger partial charge >= 0.3 is 0 Å². The Morgan fingerprint density at radius 1 is 1.25 bits per heavy atom. The number of nitro benzene ring substituents is 1. The van der Waals surface area contributed by atoms with Crippen molar-refractivity contribution in [2.75, 3.05) is 0 Å². The van der Waals surface area contributed by atoms with E-state index < -0.39 is 16.8 Å². The van der Waals surface area contributed by atoms with Gasteiger partial charge in [-0.2, -0.15) is 0 Å². The van der Waals surface area contributed by atoms with Crippen LogP contribution in [0.15, 0.2) is 42.5 Å². The molecule has 0 aliphatic heterocycles. The fraction of sp³-hybridized carbons (Fsp3) is 0.143. The zero-order chi connectivity index (χ0) is 14.7. The first-order valence-corrected chi connectivity index (χ1v) is 5.88. The molecule has 6 heteroatoms. The molecule has 2 aromatic rings. The van der Waals surface area contributed by atoms with Crippen LogP contribution in [0.5, 0.6) is 11.5 Å². The first kappa shape index (κ1) is 14.0. The Hall–Kier alpha value is -2.47. The summed E-state index contributed by atoms with van der Waals surface area (Å²) in [7, 11) is 0. The van der Waals surface area contributed by atoms with Crippen molar-refractivity contribution < 1.29 is 19.2 Å². The molecule has 2 rings (SSSR count). The third-order valence-corrected chi connectivity index (χ3v) is 2.71. The molecule has 0 saturated heterocycles. The van der Waals surface area contributed by atoms with Gasteiger partial charge in [-0.05, 0) is 25.1 Å². The molecule has 0 unspecified atom stereocenters. The van der Waals surface area contributed by atoms with Gasteiger partial charge in [-0.25, -0.2) is 4.39 Å². The molecule has 104 valence electrons. The number of rotatable bonds is 4. The van der Waals surface area contributed by atoms with Crippen molar-refractivity contribution in [3.63, 3.8) is 0 Å². The molecule has 1 N–H and O–H groups in total. The van der Waals surface area contributed by atoms with Crippen molar-refractivity contribution in [2.24, 2.45) is 0 Å². The van der Waals surface area contributed by atoms with Crippen LogP contribution in [0.2, 0.25) is 0 Å². The summed E-state index contributed by atoms with van der Waals surface area (Å²) in [6, 6.07) is 9.50. The number of aliphatic hydroxyl groups is 1. The summed E-state index contributed by atoms with van der Waals surface area (Å²) in [6.45, 7) is 1.50. The molecule has 0 bridgehead atoms. The summed E-state index contributed by atoms with van der Waals surface area (Å²) < 4.78 is 19.1. The number of nitro groups is 1. The Bertz CT molecular complexity index is 626. The maximum atomic E-state index is 13.8. The van der Waals surface area contributed by atoms with Gasteiger partial charge < -0.3 is 9.84 Å². The lowest BCUT2D eigenvalue weighted by molar-refractivity contribution is -0.384. The molecule has 0 aliphatic carbocycles. The topological polar surface area (TPSA) is 72.6 Å². The molecule has 0 radical (unpaired) electrons. The standard InChI is InChI=1S/C14H12FNO4/c1-9(17)12-3-2-4-13(15)14(12)20-11-7-5-10(6-8-11)16(18)19/h2-9,17H,1H3/t9-/m0/s1. The highest BCUT2D eigenvalue weighted by Gasteiger charge is 2.15. The molecule has 0 heterocycles. The fourth-order valence-corrected chi connectivity index (χ4v) is 1.72. The summed E-state index contributed by atoms with van der Waals surface area (Å²) in [5.41, 5.74) is 0.227. The van der Waals surface area contributed by atoms with E-state index in [-0.39, 0.29) is 17.2 Å². The second-order valence-corrected chi connectivity index (χ2v) is 4.19. The van der Waals surface area contributed by atoms with Gasteiger partial charge in [-0.3, -0.25) is 10.1 Å². The lowest BCUT2D eigenvalue weighted by atomic mass is 10.1. The third kappa shape index (κ3) is 2.92. The maximum Gasteiger partial charge on any atom is 0.269 e. The smallest absolute Gasteiger partial charge is 0.269 e. The Kier molecular flexibility index (Phi) is 3.95. The van der Waals surface area contributed by atoms with Crippen molar-refractivity contribution in [3.05, 3.63) is 64.0 Å². The second-order valence-electron chi connectivity index (χ2n) is 4.19. The fourth-order valence-electron chi connectivity index (χ4n) is 1.72. The molecule has 0 spiro atoms. The summed E-state index contributed by atoms with van der Waals surface area (Å²) in [5, 5.41) is 20.1. The van der Waals surface area contributed by atoms with Crippen LogP contribution >= 0.6 is 0 Å². The van der Waals surface area contributed by atoms with E-state index in [1.807, 2.05) is 0 Å². The minimum Gasteiger partial charge on any atom is -0.454 e. The van der Waals surface area contributed by atoms with Gasteiger partial charge in [-0.15, -0.1) is 0 Å². The van der Waals surface area contributed by atoms with Gasteiger partial charge in [0, 0.05) is 17.7 Å². The predicted molar refractivity (Wildman–Crippen MR) is 70.2 cm³/mol. The van der Waals surface area contributed by atoms with Gasteiger partial charge in [0.05, 0.1) is 11.0 Å². The minimum absolute atomic E-state index is 0.0818. The third-order valence-electron chi connectivity index (χ3n) is 2.71. The highest BCUT2D eigenvalue weighted by Crippen LogP contribution is 2.32. The highest BCUT2D eigenvalue weighted by atomic mass is 19.1. The Morgan fingerprint density at radius 3 is 2.45 bits per heavy atom. The van der Waals surface area contributed by atoms with Crippen LogP contribution in [-0.4, -0.2) is 10.0 Å². The van der Waals surface area contributed by atoms with Crippen molar-refractivity contribution in [1.82, 2.24) is 0 Å². The number of hydrogen-bond acceptors (Lipinski definition) is 4. The van der Waals surface area contributed by atoms with Crippen molar-refractivity contribution in [2.45, 2.75) is 13.0 Å². The zero-order valence-electron chi connectivity index (χ0n) is 10.6. The second kappa shape index (κ2) is 5.66. The first-order chi connectivity index (χ1) is 9.49. The van der Waals surface area contributed by atoms with E-state index in [0.29, 0.717) is 5.56 Å². The van der Waals surface area contributed by atoms with Gasteiger partial charge in [0.25, 0.3) is 5.69 Å². The summed E-state index contributed by atoms with van der Waals surface area (Å²) in [6.07, 6.45) is -0.890. The molecule has 0 fully saturated rings. The largest absolute Gasteiger partial charge is 0.454 e. The average Bonchev–Trinajstić information content (AvgIpc) is 2.41. The summed E-state index contributed by atoms with van der Waals surface area (Å²) in [5.74, 6) is -0.444. The quantitative estimate of drug-likeness (QED) is 0.684. The minimum atomic E-state index is -0.890. The first-order valence-electron chi connectivity index (χ1n) is 5.88. The van der Waals surface area contributed by atoms with Gasteiger partial charge in [0.2, 0.25) is 0 Å². The van der Waals surface area contributed by atoms with Crippen LogP contribution in [0, 0.1) is 15.9 Å². The van der Waals surface area contributed by atoms with Crippen LogP contribution < -0.4 is 4.74 Å². The highest BCUT2D eigenvalue weighted by molar-refractivity contribution is 5.42. The van der Waals surface area contributed by atoms with E-state index in [9.17, 15) is 19.6 Å². The number of hydrogen-bond donors (Lipinski definition) is 1. The van der Waals surface area contributed by atoms with Crippen molar-refractivity contribution >= 4 is 5.69 Å². The summed E-state index contributed by atoms with van der Waals surface area (Å²) >= 11 is 0. The Labute approximate surface area is 114 Å². The number of halogens is 1. The van der Waals surface area contributed by atoms with Crippen LogP contribution in [0.25, 0.3) is 0 Å². The van der Waals surface area contributed by atoms with Gasteiger partial charge in [0.1, 0.15) is 5.75 Å². The number of ether oxygens (including phenoxy) is 1. The number of benzene rings is 2. The molecule has 2 aromatic carbocycles. The predicted octanol–water partition coefficient (Wildman–Crippen LogP) is 3.58. The van der Waals surface area contributed by atoms with Crippen LogP contribution in [0.1, 0.15) is 18.6 Å². The van der Waals surface area contributed by atoms with E-state index in [0.717, 1.165) is 0 Å². The van der Waals surface area contributed by atoms with Gasteiger partial charge in [0.15, 0.2) is 11.6 Å². The molecular formula is C14H12FNO4. The monoisotopic (exact) mass is 277 g/mol. The average molecular weight is 277 g/mol. The van der Waals surface area contributed by atoms with E-state index >= 15 is 0 Å². The SMILES string of the molecule is C[C@H](O)c1cccc(F)c1Oc1ccc([N+](=O)[O-])cc1.